The Hall–Kier alpha value is -1.73. The zero-order valence-electron chi connectivity index (χ0n) is 14.3. The molecule has 2 fully saturated rings. The van der Waals surface area contributed by atoms with Gasteiger partial charge in [-0.25, -0.2) is 4.98 Å². The number of carbonyl (C=O) groups excluding carboxylic acids is 2. The third-order valence-corrected chi connectivity index (χ3v) is 6.76. The van der Waals surface area contributed by atoms with Crippen molar-refractivity contribution in [3.63, 3.8) is 0 Å². The van der Waals surface area contributed by atoms with Crippen molar-refractivity contribution in [3.8, 4) is 0 Å². The molecule has 0 bridgehead atoms. The van der Waals surface area contributed by atoms with Crippen molar-refractivity contribution in [2.45, 2.75) is 25.2 Å². The van der Waals surface area contributed by atoms with Crippen LogP contribution in [0.5, 0.6) is 0 Å². The zero-order valence-corrected chi connectivity index (χ0v) is 16.7. The molecule has 2 aliphatic rings. The summed E-state index contributed by atoms with van der Waals surface area (Å²) in [4.78, 5) is 33.6. The Bertz CT molecular complexity index is 811. The molecule has 4 rings (SSSR count). The molecule has 0 N–H and O–H groups in total. The number of para-hydroxylation sites is 1. The van der Waals surface area contributed by atoms with Gasteiger partial charge >= 0.3 is 0 Å². The van der Waals surface area contributed by atoms with Gasteiger partial charge in [-0.15, -0.1) is 11.3 Å². The number of hydrogen-bond donors (Lipinski definition) is 0. The Morgan fingerprint density at radius 3 is 2.88 bits per heavy atom. The number of halogens is 1. The van der Waals surface area contributed by atoms with Gasteiger partial charge in [0.2, 0.25) is 11.8 Å². The van der Waals surface area contributed by atoms with E-state index in [-0.39, 0.29) is 17.7 Å². The lowest BCUT2D eigenvalue weighted by Gasteiger charge is -2.33. The SMILES string of the molecule is O=C(C1CC(=O)N(c2ccccc2Br)C1)N1CCCC(c2nccs2)C1. The number of thiazole rings is 1. The fraction of sp³-hybridized carbons (Fsp3) is 0.421. The minimum Gasteiger partial charge on any atom is -0.342 e. The smallest absolute Gasteiger partial charge is 0.228 e. The van der Waals surface area contributed by atoms with Gasteiger partial charge in [0.25, 0.3) is 0 Å². The van der Waals surface area contributed by atoms with Gasteiger partial charge in [0, 0.05) is 48.0 Å². The van der Waals surface area contributed by atoms with E-state index in [2.05, 4.69) is 20.9 Å². The van der Waals surface area contributed by atoms with E-state index in [1.54, 1.807) is 16.2 Å². The third kappa shape index (κ3) is 3.42. The molecule has 2 aromatic rings. The van der Waals surface area contributed by atoms with Crippen molar-refractivity contribution in [2.24, 2.45) is 5.92 Å². The highest BCUT2D eigenvalue weighted by atomic mass is 79.9. The summed E-state index contributed by atoms with van der Waals surface area (Å²) in [6, 6.07) is 7.66. The lowest BCUT2D eigenvalue weighted by Crippen LogP contribution is -2.43. The van der Waals surface area contributed by atoms with Crippen molar-refractivity contribution in [2.75, 3.05) is 24.5 Å². The van der Waals surface area contributed by atoms with Crippen molar-refractivity contribution in [1.82, 2.24) is 9.88 Å². The van der Waals surface area contributed by atoms with Crippen LogP contribution < -0.4 is 4.90 Å². The molecule has 0 spiro atoms. The van der Waals surface area contributed by atoms with Crippen LogP contribution in [-0.4, -0.2) is 41.3 Å². The fourth-order valence-electron chi connectivity index (χ4n) is 3.85. The summed E-state index contributed by atoms with van der Waals surface area (Å²) in [5.74, 6) is 0.187. The first-order valence-corrected chi connectivity index (χ1v) is 10.5. The Kier molecular flexibility index (Phi) is 5.09. The molecule has 2 aliphatic heterocycles. The summed E-state index contributed by atoms with van der Waals surface area (Å²) in [5.41, 5.74) is 0.840. The van der Waals surface area contributed by atoms with Gasteiger partial charge < -0.3 is 9.80 Å². The van der Waals surface area contributed by atoms with E-state index in [0.717, 1.165) is 34.6 Å². The summed E-state index contributed by atoms with van der Waals surface area (Å²) >= 11 is 5.16. The Morgan fingerprint density at radius 2 is 2.12 bits per heavy atom. The molecule has 3 heterocycles. The average Bonchev–Trinajstić information content (AvgIpc) is 3.32. The van der Waals surface area contributed by atoms with Gasteiger partial charge in [0.15, 0.2) is 0 Å². The Labute approximate surface area is 165 Å². The first-order chi connectivity index (χ1) is 12.6. The summed E-state index contributed by atoms with van der Waals surface area (Å²) in [7, 11) is 0. The van der Waals surface area contributed by atoms with E-state index < -0.39 is 0 Å². The number of piperidine rings is 1. The first kappa shape index (κ1) is 17.7. The lowest BCUT2D eigenvalue weighted by molar-refractivity contribution is -0.137. The minimum atomic E-state index is -0.260. The molecule has 1 aromatic heterocycles. The highest BCUT2D eigenvalue weighted by Crippen LogP contribution is 2.33. The third-order valence-electron chi connectivity index (χ3n) is 5.15. The molecular formula is C19H20BrN3O2S. The molecular weight excluding hydrogens is 414 g/mol. The molecule has 2 unspecified atom stereocenters. The molecule has 0 saturated carbocycles. The molecule has 2 saturated heterocycles. The number of amides is 2. The van der Waals surface area contributed by atoms with Crippen molar-refractivity contribution < 1.29 is 9.59 Å². The Morgan fingerprint density at radius 1 is 1.27 bits per heavy atom. The summed E-state index contributed by atoms with van der Waals surface area (Å²) in [6.07, 6.45) is 4.18. The number of likely N-dealkylation sites (tertiary alicyclic amines) is 1. The van der Waals surface area contributed by atoms with Crippen molar-refractivity contribution in [1.29, 1.82) is 0 Å². The number of hydrogen-bond acceptors (Lipinski definition) is 4. The number of benzene rings is 1. The number of aromatic nitrogens is 1. The van der Waals surface area contributed by atoms with Gasteiger partial charge in [-0.1, -0.05) is 12.1 Å². The molecule has 2 amide bonds. The van der Waals surface area contributed by atoms with Crippen molar-refractivity contribution in [3.05, 3.63) is 45.3 Å². The van der Waals surface area contributed by atoms with E-state index in [1.165, 1.54) is 0 Å². The van der Waals surface area contributed by atoms with E-state index in [4.69, 9.17) is 0 Å². The second-order valence-electron chi connectivity index (χ2n) is 6.85. The topological polar surface area (TPSA) is 53.5 Å². The van der Waals surface area contributed by atoms with Gasteiger partial charge in [-0.3, -0.25) is 9.59 Å². The van der Waals surface area contributed by atoms with Gasteiger partial charge in [0.05, 0.1) is 16.6 Å². The minimum absolute atomic E-state index is 0.0173. The van der Waals surface area contributed by atoms with E-state index in [0.29, 0.717) is 25.4 Å². The van der Waals surface area contributed by atoms with Crippen LogP contribution >= 0.6 is 27.3 Å². The molecule has 26 heavy (non-hydrogen) atoms. The van der Waals surface area contributed by atoms with E-state index in [9.17, 15) is 9.59 Å². The quantitative estimate of drug-likeness (QED) is 0.741. The van der Waals surface area contributed by atoms with Crippen LogP contribution in [0.15, 0.2) is 40.3 Å². The molecule has 2 atom stereocenters. The lowest BCUT2D eigenvalue weighted by atomic mass is 9.96. The second-order valence-corrected chi connectivity index (χ2v) is 8.63. The van der Waals surface area contributed by atoms with E-state index in [1.807, 2.05) is 40.7 Å². The van der Waals surface area contributed by atoms with Crippen LogP contribution in [0.2, 0.25) is 0 Å². The summed E-state index contributed by atoms with van der Waals surface area (Å²) < 4.78 is 0.878. The van der Waals surface area contributed by atoms with Gasteiger partial charge in [0.1, 0.15) is 0 Å². The fourth-order valence-corrected chi connectivity index (χ4v) is 5.12. The second kappa shape index (κ2) is 7.48. The number of nitrogens with zero attached hydrogens (tertiary/aromatic N) is 3. The number of carbonyl (C=O) groups is 2. The number of anilines is 1. The van der Waals surface area contributed by atoms with Crippen LogP contribution in [0.4, 0.5) is 5.69 Å². The summed E-state index contributed by atoms with van der Waals surface area (Å²) in [5, 5.41) is 3.10. The largest absolute Gasteiger partial charge is 0.342 e. The normalized spacial score (nSPS) is 23.5. The Balaban J connectivity index is 1.45. The molecule has 5 nitrogen and oxygen atoms in total. The van der Waals surface area contributed by atoms with Crippen LogP contribution in [-0.2, 0) is 9.59 Å². The van der Waals surface area contributed by atoms with Crippen LogP contribution in [0, 0.1) is 5.92 Å². The molecule has 1 aromatic carbocycles. The van der Waals surface area contributed by atoms with Crippen LogP contribution in [0.3, 0.4) is 0 Å². The van der Waals surface area contributed by atoms with Gasteiger partial charge in [-0.05, 0) is 40.9 Å². The maximum Gasteiger partial charge on any atom is 0.228 e. The predicted molar refractivity (Wildman–Crippen MR) is 105 cm³/mol. The van der Waals surface area contributed by atoms with Crippen LogP contribution in [0.25, 0.3) is 0 Å². The molecule has 0 radical (unpaired) electrons. The van der Waals surface area contributed by atoms with Crippen LogP contribution in [0.1, 0.15) is 30.2 Å². The highest BCUT2D eigenvalue weighted by Gasteiger charge is 2.39. The van der Waals surface area contributed by atoms with Crippen molar-refractivity contribution >= 4 is 44.8 Å². The monoisotopic (exact) mass is 433 g/mol. The molecule has 7 heteroatoms. The van der Waals surface area contributed by atoms with E-state index >= 15 is 0 Å². The maximum atomic E-state index is 13.0. The molecule has 136 valence electrons. The molecule has 0 aliphatic carbocycles. The zero-order chi connectivity index (χ0) is 18.1. The average molecular weight is 434 g/mol. The predicted octanol–water partition coefficient (Wildman–Crippen LogP) is 3.66. The highest BCUT2D eigenvalue weighted by molar-refractivity contribution is 9.10. The van der Waals surface area contributed by atoms with Gasteiger partial charge in [-0.2, -0.15) is 0 Å². The summed E-state index contributed by atoms with van der Waals surface area (Å²) in [6.45, 7) is 1.95. The standard InChI is InChI=1S/C19H20BrN3O2S/c20-15-5-1-2-6-16(15)23-12-14(10-17(23)24)19(25)22-8-3-4-13(11-22)18-21-7-9-26-18/h1-2,5-7,9,13-14H,3-4,8,10-12H2. The first-order valence-electron chi connectivity index (χ1n) is 8.86. The number of rotatable bonds is 3. The maximum absolute atomic E-state index is 13.0.